The van der Waals surface area contributed by atoms with E-state index in [1.165, 1.54) is 0 Å². The minimum absolute atomic E-state index is 0.0450. The summed E-state index contributed by atoms with van der Waals surface area (Å²) in [5.74, 6) is 1.46. The van der Waals surface area contributed by atoms with Gasteiger partial charge in [-0.2, -0.15) is 0 Å². The zero-order chi connectivity index (χ0) is 18.9. The van der Waals surface area contributed by atoms with Crippen molar-refractivity contribution in [3.8, 4) is 11.5 Å². The lowest BCUT2D eigenvalue weighted by atomic mass is 10.1. The molecule has 5 heteroatoms. The van der Waals surface area contributed by atoms with Crippen molar-refractivity contribution in [2.24, 2.45) is 0 Å². The number of benzene rings is 2. The van der Waals surface area contributed by atoms with Crippen molar-refractivity contribution in [3.63, 3.8) is 0 Å². The van der Waals surface area contributed by atoms with Crippen LogP contribution in [0.4, 0.5) is 0 Å². The van der Waals surface area contributed by atoms with Crippen molar-refractivity contribution in [1.82, 2.24) is 10.3 Å². The number of amides is 1. The van der Waals surface area contributed by atoms with Gasteiger partial charge in [-0.05, 0) is 29.8 Å². The zero-order valence-corrected chi connectivity index (χ0v) is 15.2. The van der Waals surface area contributed by atoms with Gasteiger partial charge in [0.15, 0.2) is 0 Å². The summed E-state index contributed by atoms with van der Waals surface area (Å²) in [6, 6.07) is 19.1. The van der Waals surface area contributed by atoms with Crippen LogP contribution in [-0.2, 0) is 24.4 Å². The van der Waals surface area contributed by atoms with Crippen LogP contribution in [-0.4, -0.2) is 18.0 Å². The normalized spacial score (nSPS) is 10.3. The van der Waals surface area contributed by atoms with E-state index in [0.717, 1.165) is 28.2 Å². The van der Waals surface area contributed by atoms with Crippen molar-refractivity contribution in [2.75, 3.05) is 7.11 Å². The van der Waals surface area contributed by atoms with Crippen LogP contribution in [0.3, 0.4) is 0 Å². The molecule has 0 saturated heterocycles. The Morgan fingerprint density at radius 2 is 1.81 bits per heavy atom. The molecule has 1 heterocycles. The number of carbonyl (C=O) groups is 1. The lowest BCUT2D eigenvalue weighted by molar-refractivity contribution is -0.120. The smallest absolute Gasteiger partial charge is 0.224 e. The molecule has 0 radical (unpaired) electrons. The summed E-state index contributed by atoms with van der Waals surface area (Å²) >= 11 is 0. The van der Waals surface area contributed by atoms with Gasteiger partial charge in [0.05, 0.1) is 13.5 Å². The molecule has 27 heavy (non-hydrogen) atoms. The molecule has 1 aromatic heterocycles. The van der Waals surface area contributed by atoms with Crippen molar-refractivity contribution in [3.05, 3.63) is 89.7 Å². The van der Waals surface area contributed by atoms with Gasteiger partial charge < -0.3 is 14.8 Å². The molecule has 5 nitrogen and oxygen atoms in total. The van der Waals surface area contributed by atoms with E-state index in [9.17, 15) is 4.79 Å². The van der Waals surface area contributed by atoms with E-state index in [-0.39, 0.29) is 12.3 Å². The Labute approximate surface area is 159 Å². The van der Waals surface area contributed by atoms with Gasteiger partial charge in [0.25, 0.3) is 0 Å². The van der Waals surface area contributed by atoms with E-state index in [0.29, 0.717) is 13.2 Å². The van der Waals surface area contributed by atoms with Crippen LogP contribution >= 0.6 is 0 Å². The number of hydrogen-bond acceptors (Lipinski definition) is 4. The highest BCUT2D eigenvalue weighted by molar-refractivity contribution is 5.79. The fourth-order valence-electron chi connectivity index (χ4n) is 2.64. The highest BCUT2D eigenvalue weighted by Crippen LogP contribution is 2.18. The van der Waals surface area contributed by atoms with Crippen LogP contribution in [0.15, 0.2) is 73.1 Å². The second-order valence-electron chi connectivity index (χ2n) is 6.06. The van der Waals surface area contributed by atoms with Crippen LogP contribution in [0.2, 0.25) is 0 Å². The number of ether oxygens (including phenoxy) is 2. The predicted octanol–water partition coefficient (Wildman–Crippen LogP) is 3.53. The average Bonchev–Trinajstić information content (AvgIpc) is 2.72. The molecule has 138 valence electrons. The van der Waals surface area contributed by atoms with Crippen molar-refractivity contribution >= 4 is 5.91 Å². The van der Waals surface area contributed by atoms with E-state index < -0.39 is 0 Å². The molecule has 0 saturated carbocycles. The Kier molecular flexibility index (Phi) is 6.41. The third kappa shape index (κ3) is 5.57. The Balaban J connectivity index is 1.47. The number of pyridine rings is 1. The van der Waals surface area contributed by atoms with E-state index in [1.807, 2.05) is 60.7 Å². The molecule has 0 spiro atoms. The number of methoxy groups -OCH3 is 1. The maximum Gasteiger partial charge on any atom is 0.224 e. The summed E-state index contributed by atoms with van der Waals surface area (Å²) in [4.78, 5) is 16.2. The molecule has 3 aromatic rings. The van der Waals surface area contributed by atoms with Gasteiger partial charge in [-0.15, -0.1) is 0 Å². The molecular weight excluding hydrogens is 340 g/mol. The number of rotatable bonds is 8. The van der Waals surface area contributed by atoms with E-state index in [1.54, 1.807) is 19.5 Å². The average molecular weight is 362 g/mol. The molecule has 3 rings (SSSR count). The standard InChI is InChI=1S/C22H22N2O3/c1-26-21-7-3-2-6-19(21)13-22(25)24-15-17-8-10-20(11-9-17)27-16-18-5-4-12-23-14-18/h2-12,14H,13,15-16H2,1H3,(H,24,25). The maximum atomic E-state index is 12.2. The number of carbonyl (C=O) groups excluding carboxylic acids is 1. The predicted molar refractivity (Wildman–Crippen MR) is 104 cm³/mol. The Hall–Kier alpha value is -3.34. The molecule has 2 aromatic carbocycles. The molecule has 0 aliphatic rings. The summed E-state index contributed by atoms with van der Waals surface area (Å²) in [5, 5.41) is 2.93. The first-order valence-corrected chi connectivity index (χ1v) is 8.74. The first kappa shape index (κ1) is 18.5. The van der Waals surface area contributed by atoms with Gasteiger partial charge in [0.1, 0.15) is 18.1 Å². The van der Waals surface area contributed by atoms with Gasteiger partial charge in [-0.3, -0.25) is 9.78 Å². The van der Waals surface area contributed by atoms with Gasteiger partial charge in [0, 0.05) is 30.1 Å². The molecule has 0 atom stereocenters. The third-order valence-electron chi connectivity index (χ3n) is 4.08. The maximum absolute atomic E-state index is 12.2. The lowest BCUT2D eigenvalue weighted by Gasteiger charge is -2.10. The third-order valence-corrected chi connectivity index (χ3v) is 4.08. The summed E-state index contributed by atoms with van der Waals surface area (Å²) in [7, 11) is 1.61. The largest absolute Gasteiger partial charge is 0.496 e. The van der Waals surface area contributed by atoms with Gasteiger partial charge in [0.2, 0.25) is 5.91 Å². The quantitative estimate of drug-likeness (QED) is 0.666. The molecule has 0 unspecified atom stereocenters. The van der Waals surface area contributed by atoms with E-state index >= 15 is 0 Å². The summed E-state index contributed by atoms with van der Waals surface area (Å²) in [6.45, 7) is 0.944. The number of nitrogens with zero attached hydrogens (tertiary/aromatic N) is 1. The highest BCUT2D eigenvalue weighted by atomic mass is 16.5. The lowest BCUT2D eigenvalue weighted by Crippen LogP contribution is -2.24. The molecular formula is C22H22N2O3. The number of aromatic nitrogens is 1. The number of nitrogens with one attached hydrogen (secondary N) is 1. The first-order valence-electron chi connectivity index (χ1n) is 8.74. The fourth-order valence-corrected chi connectivity index (χ4v) is 2.64. The highest BCUT2D eigenvalue weighted by Gasteiger charge is 2.08. The Morgan fingerprint density at radius 1 is 1.00 bits per heavy atom. The monoisotopic (exact) mass is 362 g/mol. The molecule has 1 amide bonds. The molecule has 0 bridgehead atoms. The second-order valence-corrected chi connectivity index (χ2v) is 6.06. The molecule has 0 aliphatic heterocycles. The van der Waals surface area contributed by atoms with Crippen LogP contribution < -0.4 is 14.8 Å². The SMILES string of the molecule is COc1ccccc1CC(=O)NCc1ccc(OCc2cccnc2)cc1. The topological polar surface area (TPSA) is 60.5 Å². The Morgan fingerprint density at radius 3 is 2.56 bits per heavy atom. The van der Waals surface area contributed by atoms with Gasteiger partial charge >= 0.3 is 0 Å². The van der Waals surface area contributed by atoms with Crippen LogP contribution in [0.5, 0.6) is 11.5 Å². The van der Waals surface area contributed by atoms with Crippen molar-refractivity contribution < 1.29 is 14.3 Å². The first-order chi connectivity index (χ1) is 13.2. The number of para-hydroxylation sites is 1. The van der Waals surface area contributed by atoms with E-state index in [4.69, 9.17) is 9.47 Å². The van der Waals surface area contributed by atoms with Crippen LogP contribution in [0.25, 0.3) is 0 Å². The molecule has 0 aliphatic carbocycles. The molecule has 1 N–H and O–H groups in total. The molecule has 0 fully saturated rings. The van der Waals surface area contributed by atoms with Crippen LogP contribution in [0.1, 0.15) is 16.7 Å². The number of hydrogen-bond donors (Lipinski definition) is 1. The summed E-state index contributed by atoms with van der Waals surface area (Å²) in [5.41, 5.74) is 2.90. The minimum Gasteiger partial charge on any atom is -0.496 e. The fraction of sp³-hybridized carbons (Fsp3) is 0.182. The Bertz CT molecular complexity index is 864. The minimum atomic E-state index is -0.0450. The van der Waals surface area contributed by atoms with Gasteiger partial charge in [-0.1, -0.05) is 36.4 Å². The van der Waals surface area contributed by atoms with Gasteiger partial charge in [-0.25, -0.2) is 0 Å². The second kappa shape index (κ2) is 9.38. The van der Waals surface area contributed by atoms with Crippen molar-refractivity contribution in [1.29, 1.82) is 0 Å². The zero-order valence-electron chi connectivity index (χ0n) is 15.2. The summed E-state index contributed by atoms with van der Waals surface area (Å²) < 4.78 is 11.0. The van der Waals surface area contributed by atoms with Crippen LogP contribution in [0, 0.1) is 0 Å². The van der Waals surface area contributed by atoms with E-state index in [2.05, 4.69) is 10.3 Å². The summed E-state index contributed by atoms with van der Waals surface area (Å²) in [6.07, 6.45) is 3.81. The van der Waals surface area contributed by atoms with Crippen molar-refractivity contribution in [2.45, 2.75) is 19.6 Å².